The molecule has 0 saturated heterocycles. The van der Waals surface area contributed by atoms with Crippen LogP contribution in [0, 0.1) is 11.8 Å². The Bertz CT molecular complexity index is 2550. The van der Waals surface area contributed by atoms with Crippen molar-refractivity contribution in [2.45, 2.75) is 5.82 Å². The molecule has 3 aliphatic carbocycles. The Morgan fingerprint density at radius 2 is 0.640 bits per heavy atom. The molecule has 0 bridgehead atoms. The van der Waals surface area contributed by atoms with Crippen LogP contribution in [0.2, 0.25) is 0 Å². The maximum absolute atomic E-state index is 6.95. The van der Waals surface area contributed by atoms with Gasteiger partial charge >= 0.3 is 0 Å². The van der Waals surface area contributed by atoms with E-state index in [0.29, 0.717) is 27.8 Å². The highest BCUT2D eigenvalue weighted by Gasteiger charge is 2.45. The number of rotatable bonds is 2. The molecule has 7 rings (SSSR count). The Kier molecular flexibility index (Phi) is 8.49. The lowest BCUT2D eigenvalue weighted by molar-refractivity contribution is 0.600. The van der Waals surface area contributed by atoms with Crippen LogP contribution < -0.4 is 86.9 Å². The first-order valence-electron chi connectivity index (χ1n) is 15.1. The maximum Gasteiger partial charge on any atom is 0.115 e. The smallest absolute Gasteiger partial charge is 0.115 e. The fraction of sp³-hybridized carbons (Fsp3) is 0.0968. The summed E-state index contributed by atoms with van der Waals surface area (Å²) in [5.74, 6) is -2.51. The van der Waals surface area contributed by atoms with Crippen molar-refractivity contribution < 1.29 is 0 Å². The number of benzene rings is 4. The summed E-state index contributed by atoms with van der Waals surface area (Å²) >= 11 is 0. The van der Waals surface area contributed by atoms with Gasteiger partial charge in [0.25, 0.3) is 0 Å². The van der Waals surface area contributed by atoms with Crippen molar-refractivity contribution in [3.8, 4) is 0 Å². The molecule has 0 aromatic heterocycles. The van der Waals surface area contributed by atoms with Crippen molar-refractivity contribution in [1.29, 1.82) is 0 Å². The van der Waals surface area contributed by atoms with Gasteiger partial charge in [-0.1, -0.05) is 49.2 Å². The lowest BCUT2D eigenvalue weighted by atomic mass is 9.45. The lowest BCUT2D eigenvalue weighted by Crippen LogP contribution is -2.68. The fourth-order valence-corrected chi connectivity index (χ4v) is 7.93. The summed E-state index contributed by atoms with van der Waals surface area (Å²) in [5.41, 5.74) is 3.14. The zero-order valence-electron chi connectivity index (χ0n) is 26.7. The topological polar surface area (TPSA) is 0 Å². The number of hydrogen-bond acceptors (Lipinski definition) is 0. The van der Waals surface area contributed by atoms with Crippen LogP contribution in [-0.4, -0.2) is 149 Å². The molecular formula is C31H3B19. The molecule has 4 aromatic rings. The molecule has 19 heteroatoms. The van der Waals surface area contributed by atoms with Gasteiger partial charge in [0.2, 0.25) is 0 Å². The first kappa shape index (κ1) is 36.0. The third kappa shape index (κ3) is 4.28. The van der Waals surface area contributed by atoms with Gasteiger partial charge in [-0.3, -0.25) is 0 Å². The van der Waals surface area contributed by atoms with Crippen LogP contribution in [0.25, 0.3) is 27.4 Å². The molecule has 0 N–H and O–H groups in total. The Balaban J connectivity index is 1.81. The highest BCUT2D eigenvalue weighted by Crippen LogP contribution is 2.52. The van der Waals surface area contributed by atoms with Crippen LogP contribution in [0.3, 0.4) is 0 Å². The number of fused-ring (bicyclic) bond motifs is 4. The summed E-state index contributed by atoms with van der Waals surface area (Å²) < 4.78 is 0. The van der Waals surface area contributed by atoms with E-state index >= 15 is 0 Å². The van der Waals surface area contributed by atoms with Crippen LogP contribution >= 0.6 is 0 Å². The molecule has 38 radical (unpaired) electrons. The second-order valence-corrected chi connectivity index (χ2v) is 12.9. The molecule has 0 heterocycles. The molecule has 0 spiro atoms. The Labute approximate surface area is 318 Å². The minimum absolute atomic E-state index is 0.00111. The van der Waals surface area contributed by atoms with E-state index in [-0.39, 0.29) is 125 Å². The van der Waals surface area contributed by atoms with Crippen molar-refractivity contribution in [3.05, 3.63) is 49.1 Å². The van der Waals surface area contributed by atoms with Gasteiger partial charge in [-0.05, 0) is 60.4 Å². The van der Waals surface area contributed by atoms with Gasteiger partial charge in [-0.15, -0.1) is 49.2 Å². The molecule has 50 heavy (non-hydrogen) atoms. The van der Waals surface area contributed by atoms with E-state index < -0.39 is 17.7 Å². The fourth-order valence-electron chi connectivity index (χ4n) is 7.93. The first-order chi connectivity index (χ1) is 23.3. The average molecular weight is 581 g/mol. The first-order valence-corrected chi connectivity index (χ1v) is 15.1. The summed E-state index contributed by atoms with van der Waals surface area (Å²) in [7, 11) is 125. The highest BCUT2D eigenvalue weighted by atomic mass is 14.5. The molecule has 3 aliphatic rings. The molecule has 184 valence electrons. The van der Waals surface area contributed by atoms with E-state index in [0.717, 1.165) is 0 Å². The van der Waals surface area contributed by atoms with Gasteiger partial charge in [0.05, 0.1) is 7.85 Å². The van der Waals surface area contributed by atoms with Crippen LogP contribution in [0.4, 0.5) is 0 Å². The molecule has 0 saturated carbocycles. The van der Waals surface area contributed by atoms with Crippen molar-refractivity contribution in [2.24, 2.45) is 11.8 Å². The highest BCUT2D eigenvalue weighted by molar-refractivity contribution is 6.72. The minimum atomic E-state index is -0.949. The summed E-state index contributed by atoms with van der Waals surface area (Å²) in [6, 6.07) is 0. The van der Waals surface area contributed by atoms with Crippen LogP contribution in [0.5, 0.6) is 0 Å². The van der Waals surface area contributed by atoms with Gasteiger partial charge in [0.15, 0.2) is 0 Å². The third-order valence-electron chi connectivity index (χ3n) is 10.6. The Morgan fingerprint density at radius 3 is 1.12 bits per heavy atom. The molecule has 0 fully saturated rings. The van der Waals surface area contributed by atoms with Gasteiger partial charge in [0.1, 0.15) is 141 Å². The van der Waals surface area contributed by atoms with E-state index in [1.54, 1.807) is 0 Å². The number of hydrogen-bond donors (Lipinski definition) is 0. The summed E-state index contributed by atoms with van der Waals surface area (Å²) in [5, 5.41) is 0.957. The second kappa shape index (κ2) is 11.8. The third-order valence-corrected chi connectivity index (χ3v) is 10.6. The Morgan fingerprint density at radius 1 is 0.300 bits per heavy atom. The monoisotopic (exact) mass is 584 g/mol. The predicted molar refractivity (Wildman–Crippen MR) is 229 cm³/mol. The Hall–Kier alpha value is -2.41. The van der Waals surface area contributed by atoms with Crippen LogP contribution in [-0.2, 0) is 0 Å². The summed E-state index contributed by atoms with van der Waals surface area (Å²) in [6.07, 6.45) is 0. The van der Waals surface area contributed by atoms with E-state index in [1.807, 2.05) is 0 Å². The van der Waals surface area contributed by atoms with E-state index in [9.17, 15) is 0 Å². The number of allylic oxidation sites excluding steroid dienone is 3. The van der Waals surface area contributed by atoms with Gasteiger partial charge in [-0.25, -0.2) is 0 Å². The van der Waals surface area contributed by atoms with Crippen LogP contribution in [0.15, 0.2) is 16.4 Å². The van der Waals surface area contributed by atoms with Gasteiger partial charge in [-0.2, -0.15) is 0 Å². The van der Waals surface area contributed by atoms with Crippen LogP contribution in [0.1, 0.15) is 28.1 Å². The van der Waals surface area contributed by atoms with Gasteiger partial charge < -0.3 is 0 Å². The zero-order chi connectivity index (χ0) is 36.9. The quantitative estimate of drug-likeness (QED) is 0.207. The molecule has 3 atom stereocenters. The van der Waals surface area contributed by atoms with E-state index in [4.69, 9.17) is 149 Å². The van der Waals surface area contributed by atoms with Crippen molar-refractivity contribution >= 4 is 253 Å². The van der Waals surface area contributed by atoms with Crippen molar-refractivity contribution in [1.82, 2.24) is 0 Å². The van der Waals surface area contributed by atoms with Crippen molar-refractivity contribution in [3.63, 3.8) is 0 Å². The van der Waals surface area contributed by atoms with Crippen molar-refractivity contribution in [2.75, 3.05) is 0 Å². The summed E-state index contributed by atoms with van der Waals surface area (Å²) in [4.78, 5) is 0. The van der Waals surface area contributed by atoms with Gasteiger partial charge in [0, 0.05) is 11.8 Å². The molecule has 0 aliphatic heterocycles. The van der Waals surface area contributed by atoms with E-state index in [1.165, 1.54) is 0 Å². The molecule has 0 amide bonds. The largest absolute Gasteiger partial charge is 0.125 e. The standard InChI is InChI=1S/C31H3B19/c32-13-9(20(39)21(40)12-11(13)24(43)30(49)31(50)25(12)44)2-6-3(14(33)15(6)34)1(4-7(2)18(37)29(48)28(47)17(4)36)5-8-10(22(41)26(45)16(5)35)23(42)27(46)19(8)38/h3,6,19H. The minimum Gasteiger partial charge on any atom is -0.125 e. The SMILES string of the molecule is [B]C1=C([B])C([B])c2c1c([B])c([B])c([B])c2C1=c2c([B])c([B])c([B])c([B])c2=C(c2c([B])c([B])c3c([B])c([B])c([B])c([B])c3c2[B])C2C([B])=C([B])C12. The normalized spacial score (nSPS) is 19.5. The lowest BCUT2D eigenvalue weighted by Gasteiger charge is -2.49. The predicted octanol–water partition coefficient (Wildman–Crippen LogP) is -13.6. The average Bonchev–Trinajstić information content (AvgIpc) is 3.31. The maximum atomic E-state index is 6.95. The molecule has 3 unspecified atom stereocenters. The van der Waals surface area contributed by atoms with E-state index in [2.05, 4.69) is 0 Å². The molecular weight excluding hydrogens is 578 g/mol. The molecule has 0 nitrogen and oxygen atoms in total. The second-order valence-electron chi connectivity index (χ2n) is 12.9. The summed E-state index contributed by atoms with van der Waals surface area (Å²) in [6.45, 7) is 0. The zero-order valence-corrected chi connectivity index (χ0v) is 26.7. The molecule has 4 aromatic carbocycles.